The minimum Gasteiger partial charge on any atom is -0.306 e. The van der Waals surface area contributed by atoms with Crippen LogP contribution < -0.4 is 5.32 Å². The first-order valence-corrected chi connectivity index (χ1v) is 7.49. The lowest BCUT2D eigenvalue weighted by atomic mass is 10.0. The van der Waals surface area contributed by atoms with Crippen molar-refractivity contribution in [1.82, 2.24) is 5.32 Å². The average Bonchev–Trinajstić information content (AvgIpc) is 2.81. The van der Waals surface area contributed by atoms with E-state index < -0.39 is 0 Å². The van der Waals surface area contributed by atoms with Crippen molar-refractivity contribution in [3.05, 3.63) is 57.3 Å². The zero-order chi connectivity index (χ0) is 13.0. The van der Waals surface area contributed by atoms with Gasteiger partial charge in [0.1, 0.15) is 0 Å². The van der Waals surface area contributed by atoms with Crippen LogP contribution in [-0.4, -0.2) is 0 Å². The molecule has 2 heteroatoms. The van der Waals surface area contributed by atoms with E-state index in [0.717, 1.165) is 13.0 Å². The van der Waals surface area contributed by atoms with Gasteiger partial charge in [0.2, 0.25) is 0 Å². The Morgan fingerprint density at radius 2 is 1.89 bits per heavy atom. The lowest BCUT2D eigenvalue weighted by Crippen LogP contribution is -2.18. The summed E-state index contributed by atoms with van der Waals surface area (Å²) >= 11 is 1.78. The molecule has 1 nitrogen and oxygen atoms in total. The van der Waals surface area contributed by atoms with E-state index in [4.69, 9.17) is 0 Å². The maximum Gasteiger partial charge on any atom is 0.0294 e. The monoisotopic (exact) mass is 259 g/mol. The predicted molar refractivity (Wildman–Crippen MR) is 80.1 cm³/mol. The topological polar surface area (TPSA) is 12.0 Å². The summed E-state index contributed by atoms with van der Waals surface area (Å²) in [5.41, 5.74) is 5.57. The molecule has 0 saturated carbocycles. The molecule has 0 bridgehead atoms. The van der Waals surface area contributed by atoms with Crippen LogP contribution in [0.1, 0.15) is 42.1 Å². The van der Waals surface area contributed by atoms with Crippen molar-refractivity contribution < 1.29 is 0 Å². The highest BCUT2D eigenvalue weighted by Crippen LogP contribution is 2.17. The van der Waals surface area contributed by atoms with Gasteiger partial charge in [-0.25, -0.2) is 0 Å². The van der Waals surface area contributed by atoms with Crippen molar-refractivity contribution >= 4 is 11.3 Å². The molecular weight excluding hydrogens is 238 g/mol. The van der Waals surface area contributed by atoms with Gasteiger partial charge in [-0.3, -0.25) is 0 Å². The number of hydrogen-bond acceptors (Lipinski definition) is 2. The van der Waals surface area contributed by atoms with Crippen LogP contribution in [0, 0.1) is 6.92 Å². The normalized spacial score (nSPS) is 12.6. The van der Waals surface area contributed by atoms with E-state index in [2.05, 4.69) is 61.1 Å². The number of thiophene rings is 1. The molecular formula is C16H21NS. The smallest absolute Gasteiger partial charge is 0.0294 e. The molecule has 0 spiro atoms. The quantitative estimate of drug-likeness (QED) is 0.835. The third kappa shape index (κ3) is 3.21. The summed E-state index contributed by atoms with van der Waals surface area (Å²) in [6.07, 6.45) is 1.11. The zero-order valence-electron chi connectivity index (χ0n) is 11.4. The number of nitrogens with one attached hydrogen (secondary N) is 1. The Labute approximate surface area is 114 Å². The fraction of sp³-hybridized carbons (Fsp3) is 0.375. The van der Waals surface area contributed by atoms with Crippen molar-refractivity contribution in [2.75, 3.05) is 0 Å². The van der Waals surface area contributed by atoms with Crippen LogP contribution in [0.5, 0.6) is 0 Å². The highest BCUT2D eigenvalue weighted by Gasteiger charge is 2.06. The summed E-state index contributed by atoms with van der Waals surface area (Å²) in [5, 5.41) is 8.02. The standard InChI is InChI=1S/C16H21NS/c1-4-14-5-7-15(8-6-14)13(3)17-9-16-11-18-10-12(16)2/h5-8,10-11,13,17H,4,9H2,1-3H3. The minimum absolute atomic E-state index is 0.398. The molecule has 1 unspecified atom stereocenters. The van der Waals surface area contributed by atoms with E-state index in [-0.39, 0.29) is 0 Å². The molecule has 0 aliphatic rings. The Kier molecular flexibility index (Phi) is 4.56. The highest BCUT2D eigenvalue weighted by atomic mass is 32.1. The van der Waals surface area contributed by atoms with Gasteiger partial charge in [-0.2, -0.15) is 11.3 Å². The molecule has 18 heavy (non-hydrogen) atoms. The lowest BCUT2D eigenvalue weighted by molar-refractivity contribution is 0.574. The van der Waals surface area contributed by atoms with Gasteiger partial charge in [0.25, 0.3) is 0 Å². The molecule has 96 valence electrons. The Bertz CT molecular complexity index is 484. The molecule has 0 saturated heterocycles. The third-order valence-electron chi connectivity index (χ3n) is 3.45. The first-order chi connectivity index (χ1) is 8.70. The van der Waals surface area contributed by atoms with E-state index in [1.54, 1.807) is 11.3 Å². The fourth-order valence-corrected chi connectivity index (χ4v) is 2.85. The third-order valence-corrected chi connectivity index (χ3v) is 4.36. The van der Waals surface area contributed by atoms with Gasteiger partial charge >= 0.3 is 0 Å². The lowest BCUT2D eigenvalue weighted by Gasteiger charge is -2.14. The molecule has 0 aliphatic heterocycles. The molecule has 1 atom stereocenters. The molecule has 2 rings (SSSR count). The molecule has 2 aromatic rings. The number of aryl methyl sites for hydroxylation is 2. The molecule has 0 radical (unpaired) electrons. The second-order valence-electron chi connectivity index (χ2n) is 4.78. The molecule has 1 aromatic carbocycles. The molecule has 1 heterocycles. The van der Waals surface area contributed by atoms with Crippen LogP contribution in [0.15, 0.2) is 35.0 Å². The van der Waals surface area contributed by atoms with Crippen molar-refractivity contribution in [2.24, 2.45) is 0 Å². The van der Waals surface area contributed by atoms with Crippen LogP contribution in [-0.2, 0) is 13.0 Å². The Hall–Kier alpha value is -1.12. The van der Waals surface area contributed by atoms with Crippen molar-refractivity contribution in [3.63, 3.8) is 0 Å². The van der Waals surface area contributed by atoms with E-state index >= 15 is 0 Å². The maximum atomic E-state index is 3.59. The summed E-state index contributed by atoms with van der Waals surface area (Å²) in [7, 11) is 0. The van der Waals surface area contributed by atoms with Gasteiger partial charge in [-0.1, -0.05) is 31.2 Å². The van der Waals surface area contributed by atoms with Crippen molar-refractivity contribution in [1.29, 1.82) is 0 Å². The summed E-state index contributed by atoms with van der Waals surface area (Å²) < 4.78 is 0. The van der Waals surface area contributed by atoms with Crippen LogP contribution in [0.2, 0.25) is 0 Å². The van der Waals surface area contributed by atoms with Crippen LogP contribution in [0.3, 0.4) is 0 Å². The number of rotatable bonds is 5. The Morgan fingerprint density at radius 1 is 1.17 bits per heavy atom. The van der Waals surface area contributed by atoms with Gasteiger partial charge < -0.3 is 5.32 Å². The van der Waals surface area contributed by atoms with Gasteiger partial charge in [0.05, 0.1) is 0 Å². The second kappa shape index (κ2) is 6.17. The van der Waals surface area contributed by atoms with Gasteiger partial charge in [0, 0.05) is 12.6 Å². The highest BCUT2D eigenvalue weighted by molar-refractivity contribution is 7.08. The zero-order valence-corrected chi connectivity index (χ0v) is 12.2. The van der Waals surface area contributed by atoms with E-state index in [1.807, 2.05) is 0 Å². The van der Waals surface area contributed by atoms with Crippen LogP contribution in [0.4, 0.5) is 0 Å². The molecule has 0 aliphatic carbocycles. The SMILES string of the molecule is CCc1ccc(C(C)NCc2cscc2C)cc1. The minimum atomic E-state index is 0.398. The molecule has 1 aromatic heterocycles. The summed E-state index contributed by atoms with van der Waals surface area (Å²) in [6, 6.07) is 9.32. The molecule has 1 N–H and O–H groups in total. The summed E-state index contributed by atoms with van der Waals surface area (Å²) in [4.78, 5) is 0. The van der Waals surface area contributed by atoms with Crippen molar-refractivity contribution in [2.45, 2.75) is 39.8 Å². The van der Waals surface area contributed by atoms with E-state index in [0.29, 0.717) is 6.04 Å². The number of benzene rings is 1. The second-order valence-corrected chi connectivity index (χ2v) is 5.52. The first kappa shape index (κ1) is 13.3. The predicted octanol–water partition coefficient (Wildman–Crippen LogP) is 4.47. The fourth-order valence-electron chi connectivity index (χ4n) is 1.99. The first-order valence-electron chi connectivity index (χ1n) is 6.54. The average molecular weight is 259 g/mol. The van der Waals surface area contributed by atoms with Crippen molar-refractivity contribution in [3.8, 4) is 0 Å². The summed E-state index contributed by atoms with van der Waals surface area (Å²) in [6.45, 7) is 7.54. The van der Waals surface area contributed by atoms with E-state index in [1.165, 1.54) is 22.3 Å². The molecule has 0 fully saturated rings. The van der Waals surface area contributed by atoms with Crippen LogP contribution >= 0.6 is 11.3 Å². The van der Waals surface area contributed by atoms with Gasteiger partial charge in [-0.05, 0) is 53.3 Å². The van der Waals surface area contributed by atoms with E-state index in [9.17, 15) is 0 Å². The number of hydrogen-bond donors (Lipinski definition) is 1. The Balaban J connectivity index is 1.94. The molecule has 0 amide bonds. The Morgan fingerprint density at radius 3 is 2.44 bits per heavy atom. The van der Waals surface area contributed by atoms with Gasteiger partial charge in [0.15, 0.2) is 0 Å². The summed E-state index contributed by atoms with van der Waals surface area (Å²) in [5.74, 6) is 0. The van der Waals surface area contributed by atoms with Crippen LogP contribution in [0.25, 0.3) is 0 Å². The van der Waals surface area contributed by atoms with Gasteiger partial charge in [-0.15, -0.1) is 0 Å². The maximum absolute atomic E-state index is 3.59. The largest absolute Gasteiger partial charge is 0.306 e.